The highest BCUT2D eigenvalue weighted by Gasteiger charge is 2.16. The fraction of sp³-hybridized carbons (Fsp3) is 0.227. The smallest absolute Gasteiger partial charge is 0.358 e. The van der Waals surface area contributed by atoms with Crippen molar-refractivity contribution in [3.05, 3.63) is 76.7 Å². The Hall–Kier alpha value is -3.12. The van der Waals surface area contributed by atoms with Crippen LogP contribution in [0.4, 0.5) is 0 Å². The van der Waals surface area contributed by atoms with E-state index in [-0.39, 0.29) is 0 Å². The van der Waals surface area contributed by atoms with E-state index in [0.29, 0.717) is 23.9 Å². The van der Waals surface area contributed by atoms with Crippen LogP contribution in [-0.4, -0.2) is 32.0 Å². The van der Waals surface area contributed by atoms with Gasteiger partial charge < -0.3 is 4.74 Å². The highest BCUT2D eigenvalue weighted by Crippen LogP contribution is 2.24. The van der Waals surface area contributed by atoms with Crippen LogP contribution in [-0.2, 0) is 17.7 Å². The predicted octanol–water partition coefficient (Wildman–Crippen LogP) is 4.64. The number of nitrogens with zero attached hydrogens (tertiary/aromatic N) is 4. The molecular weight excluding hydrogens is 388 g/mol. The highest BCUT2D eigenvalue weighted by atomic mass is 35.5. The molecule has 0 aliphatic heterocycles. The number of ether oxygens (including phenoxy) is 1. The van der Waals surface area contributed by atoms with Crippen LogP contribution in [0.1, 0.15) is 35.7 Å². The van der Waals surface area contributed by atoms with E-state index >= 15 is 0 Å². The zero-order valence-corrected chi connectivity index (χ0v) is 17.1. The summed E-state index contributed by atoms with van der Waals surface area (Å²) in [5, 5.41) is 9.85. The van der Waals surface area contributed by atoms with E-state index in [1.165, 1.54) is 0 Å². The number of esters is 1. The Morgan fingerprint density at radius 3 is 2.55 bits per heavy atom. The molecule has 0 spiro atoms. The lowest BCUT2D eigenvalue weighted by Gasteiger charge is -2.09. The molecule has 4 aromatic rings. The zero-order valence-electron chi connectivity index (χ0n) is 16.3. The lowest BCUT2D eigenvalue weighted by Crippen LogP contribution is -2.11. The standard InChI is InChI=1S/C22H21ClN4O2/c1-3-17-12-21(22(28)29-4-2)24-26(17)14-19-11-16(23)10-18-13-20(25-27(18)19)15-8-6-5-7-9-15/h5-13H,3-4,14H2,1-2H3. The molecule has 0 fully saturated rings. The minimum atomic E-state index is -0.414. The number of pyridine rings is 1. The zero-order chi connectivity index (χ0) is 20.4. The van der Waals surface area contributed by atoms with Crippen LogP contribution in [0.15, 0.2) is 54.6 Å². The molecule has 0 N–H and O–H groups in total. The van der Waals surface area contributed by atoms with Gasteiger partial charge in [-0.1, -0.05) is 48.9 Å². The van der Waals surface area contributed by atoms with Gasteiger partial charge in [-0.05, 0) is 37.6 Å². The van der Waals surface area contributed by atoms with E-state index < -0.39 is 5.97 Å². The second-order valence-electron chi connectivity index (χ2n) is 6.65. The molecule has 148 valence electrons. The van der Waals surface area contributed by atoms with E-state index in [2.05, 4.69) is 5.10 Å². The molecule has 4 rings (SSSR count). The Balaban J connectivity index is 1.75. The number of hydrogen-bond donors (Lipinski definition) is 0. The average molecular weight is 409 g/mol. The average Bonchev–Trinajstić information content (AvgIpc) is 3.33. The molecule has 3 heterocycles. The first-order valence-corrected chi connectivity index (χ1v) is 9.94. The molecule has 0 atom stereocenters. The van der Waals surface area contributed by atoms with Gasteiger partial charge in [0.2, 0.25) is 0 Å². The maximum Gasteiger partial charge on any atom is 0.358 e. The Kier molecular flexibility index (Phi) is 5.36. The monoisotopic (exact) mass is 408 g/mol. The van der Waals surface area contributed by atoms with Crippen LogP contribution in [0.5, 0.6) is 0 Å². The van der Waals surface area contributed by atoms with Gasteiger partial charge in [-0.15, -0.1) is 0 Å². The molecule has 7 heteroatoms. The SMILES string of the molecule is CCOC(=O)c1cc(CC)n(Cc2cc(Cl)cc3cc(-c4ccccc4)nn23)n1. The lowest BCUT2D eigenvalue weighted by atomic mass is 10.1. The molecule has 0 aliphatic rings. The van der Waals surface area contributed by atoms with E-state index in [1.54, 1.807) is 17.7 Å². The summed E-state index contributed by atoms with van der Waals surface area (Å²) >= 11 is 6.37. The first-order valence-electron chi connectivity index (χ1n) is 9.56. The molecule has 0 bridgehead atoms. The number of carbonyl (C=O) groups is 1. The largest absolute Gasteiger partial charge is 0.461 e. The van der Waals surface area contributed by atoms with E-state index in [1.807, 2.05) is 60.0 Å². The summed E-state index contributed by atoms with van der Waals surface area (Å²) in [6, 6.07) is 17.6. The number of aromatic nitrogens is 4. The topological polar surface area (TPSA) is 61.4 Å². The summed E-state index contributed by atoms with van der Waals surface area (Å²) in [4.78, 5) is 12.1. The third-order valence-corrected chi connectivity index (χ3v) is 4.91. The van der Waals surface area contributed by atoms with Crippen molar-refractivity contribution in [2.24, 2.45) is 0 Å². The normalized spacial score (nSPS) is 11.1. The number of aryl methyl sites for hydroxylation is 1. The van der Waals surface area contributed by atoms with Crippen molar-refractivity contribution in [2.75, 3.05) is 6.61 Å². The molecule has 0 amide bonds. The summed E-state index contributed by atoms with van der Waals surface area (Å²) in [6.45, 7) is 4.56. The minimum absolute atomic E-state index is 0.312. The second kappa shape index (κ2) is 8.09. The van der Waals surface area contributed by atoms with Crippen LogP contribution in [0.2, 0.25) is 5.02 Å². The van der Waals surface area contributed by atoms with Gasteiger partial charge in [0.05, 0.1) is 30.1 Å². The first-order chi connectivity index (χ1) is 14.1. The Morgan fingerprint density at radius 1 is 1.03 bits per heavy atom. The molecule has 0 saturated carbocycles. The van der Waals surface area contributed by atoms with Gasteiger partial charge in [-0.2, -0.15) is 10.2 Å². The van der Waals surface area contributed by atoms with Gasteiger partial charge in [-0.3, -0.25) is 4.68 Å². The van der Waals surface area contributed by atoms with Gasteiger partial charge >= 0.3 is 5.97 Å². The van der Waals surface area contributed by atoms with Crippen LogP contribution >= 0.6 is 11.6 Å². The van der Waals surface area contributed by atoms with Gasteiger partial charge in [-0.25, -0.2) is 9.31 Å². The van der Waals surface area contributed by atoms with E-state index in [9.17, 15) is 4.79 Å². The Morgan fingerprint density at radius 2 is 1.83 bits per heavy atom. The van der Waals surface area contributed by atoms with Crippen molar-refractivity contribution in [1.82, 2.24) is 19.4 Å². The van der Waals surface area contributed by atoms with Crippen molar-refractivity contribution in [3.63, 3.8) is 0 Å². The van der Waals surface area contributed by atoms with Gasteiger partial charge in [0.25, 0.3) is 0 Å². The molecule has 1 aromatic carbocycles. The third-order valence-electron chi connectivity index (χ3n) is 4.69. The summed E-state index contributed by atoms with van der Waals surface area (Å²) < 4.78 is 8.76. The number of hydrogen-bond acceptors (Lipinski definition) is 4. The fourth-order valence-electron chi connectivity index (χ4n) is 3.33. The highest BCUT2D eigenvalue weighted by molar-refractivity contribution is 6.31. The number of carbonyl (C=O) groups excluding carboxylic acids is 1. The molecule has 0 aliphatic carbocycles. The maximum atomic E-state index is 12.1. The molecule has 0 unspecified atom stereocenters. The van der Waals surface area contributed by atoms with Crippen LogP contribution in [0.3, 0.4) is 0 Å². The molecule has 29 heavy (non-hydrogen) atoms. The van der Waals surface area contributed by atoms with Crippen molar-refractivity contribution >= 4 is 23.1 Å². The predicted molar refractivity (Wildman–Crippen MR) is 112 cm³/mol. The van der Waals surface area contributed by atoms with Crippen LogP contribution in [0.25, 0.3) is 16.8 Å². The van der Waals surface area contributed by atoms with Crippen molar-refractivity contribution in [1.29, 1.82) is 0 Å². The fourth-order valence-corrected chi connectivity index (χ4v) is 3.57. The van der Waals surface area contributed by atoms with Gasteiger partial charge in [0.1, 0.15) is 0 Å². The van der Waals surface area contributed by atoms with Crippen LogP contribution < -0.4 is 0 Å². The number of rotatable bonds is 6. The van der Waals surface area contributed by atoms with Crippen molar-refractivity contribution in [3.8, 4) is 11.3 Å². The second-order valence-corrected chi connectivity index (χ2v) is 7.09. The Labute approximate surface area is 173 Å². The number of benzene rings is 1. The maximum absolute atomic E-state index is 12.1. The quantitative estimate of drug-likeness (QED) is 0.436. The first kappa shape index (κ1) is 19.2. The van der Waals surface area contributed by atoms with Crippen LogP contribution in [0, 0.1) is 0 Å². The van der Waals surface area contributed by atoms with E-state index in [4.69, 9.17) is 21.4 Å². The van der Waals surface area contributed by atoms with Crippen molar-refractivity contribution in [2.45, 2.75) is 26.8 Å². The van der Waals surface area contributed by atoms with Gasteiger partial charge in [0.15, 0.2) is 5.69 Å². The van der Waals surface area contributed by atoms with Gasteiger partial charge in [0, 0.05) is 16.3 Å². The molecule has 3 aromatic heterocycles. The molecule has 0 radical (unpaired) electrons. The molecule has 6 nitrogen and oxygen atoms in total. The summed E-state index contributed by atoms with van der Waals surface area (Å²) in [7, 11) is 0. The Bertz CT molecular complexity index is 1160. The molecule has 0 saturated heterocycles. The summed E-state index contributed by atoms with van der Waals surface area (Å²) in [5.74, 6) is -0.414. The van der Waals surface area contributed by atoms with E-state index in [0.717, 1.165) is 34.6 Å². The number of halogens is 1. The number of fused-ring (bicyclic) bond motifs is 1. The molecular formula is C22H21ClN4O2. The van der Waals surface area contributed by atoms with Crippen molar-refractivity contribution < 1.29 is 9.53 Å². The minimum Gasteiger partial charge on any atom is -0.461 e. The lowest BCUT2D eigenvalue weighted by molar-refractivity contribution is 0.0518. The third kappa shape index (κ3) is 3.89. The summed E-state index contributed by atoms with van der Waals surface area (Å²) in [6.07, 6.45) is 0.741. The summed E-state index contributed by atoms with van der Waals surface area (Å²) in [5.41, 5.74) is 4.95.